The predicted octanol–water partition coefficient (Wildman–Crippen LogP) is 0.661. The van der Waals surface area contributed by atoms with E-state index in [1.807, 2.05) is 30.3 Å². The molecule has 2 saturated heterocycles. The molecule has 0 radical (unpaired) electrons. The second kappa shape index (κ2) is 5.78. The molecule has 122 valence electrons. The Bertz CT molecular complexity index is 750. The third-order valence-corrected chi connectivity index (χ3v) is 5.75. The number of amides is 3. The number of rotatable bonds is 3. The SMILES string of the molecule is O=C1NC(=O)C2(CCN(S(=O)(=O)C=Cc3ccccc3)CC2)N1. The molecule has 2 N–H and O–H groups in total. The molecule has 2 aliphatic heterocycles. The van der Waals surface area contributed by atoms with Crippen molar-refractivity contribution in [2.24, 2.45) is 0 Å². The van der Waals surface area contributed by atoms with E-state index in [4.69, 9.17) is 0 Å². The zero-order valence-corrected chi connectivity index (χ0v) is 13.2. The Morgan fingerprint density at radius 2 is 1.74 bits per heavy atom. The van der Waals surface area contributed by atoms with Crippen molar-refractivity contribution in [1.29, 1.82) is 0 Å². The standard InChI is InChI=1S/C15H17N3O4S/c19-13-15(17-14(20)16-13)7-9-18(10-8-15)23(21,22)11-6-12-4-2-1-3-5-12/h1-6,11H,7-10H2,(H2,16,17,19,20). The molecule has 2 fully saturated rings. The minimum Gasteiger partial charge on any atom is -0.323 e. The molecule has 1 aromatic carbocycles. The highest BCUT2D eigenvalue weighted by atomic mass is 32.2. The lowest BCUT2D eigenvalue weighted by atomic mass is 9.89. The molecule has 3 amide bonds. The van der Waals surface area contributed by atoms with Crippen molar-refractivity contribution < 1.29 is 18.0 Å². The molecule has 1 aromatic rings. The number of hydrogen-bond acceptors (Lipinski definition) is 4. The quantitative estimate of drug-likeness (QED) is 0.793. The van der Waals surface area contributed by atoms with E-state index in [1.165, 1.54) is 9.71 Å². The Morgan fingerprint density at radius 3 is 2.30 bits per heavy atom. The molecule has 0 atom stereocenters. The van der Waals surface area contributed by atoms with Crippen LogP contribution >= 0.6 is 0 Å². The van der Waals surface area contributed by atoms with Gasteiger partial charge in [-0.1, -0.05) is 30.3 Å². The fourth-order valence-electron chi connectivity index (χ4n) is 2.82. The minimum atomic E-state index is -3.55. The fourth-order valence-corrected chi connectivity index (χ4v) is 4.01. The first kappa shape index (κ1) is 15.7. The Hall–Kier alpha value is -2.19. The molecule has 7 nitrogen and oxygen atoms in total. The molecule has 0 unspecified atom stereocenters. The number of carbonyl (C=O) groups excluding carboxylic acids is 2. The van der Waals surface area contributed by atoms with Gasteiger partial charge in [0.15, 0.2) is 0 Å². The van der Waals surface area contributed by atoms with Crippen LogP contribution in [0.25, 0.3) is 6.08 Å². The van der Waals surface area contributed by atoms with E-state index in [0.29, 0.717) is 0 Å². The summed E-state index contributed by atoms with van der Waals surface area (Å²) in [7, 11) is -3.55. The highest BCUT2D eigenvalue weighted by Crippen LogP contribution is 2.27. The normalized spacial score (nSPS) is 21.6. The van der Waals surface area contributed by atoms with Gasteiger partial charge in [0.1, 0.15) is 5.54 Å². The van der Waals surface area contributed by atoms with Gasteiger partial charge in [0, 0.05) is 18.5 Å². The van der Waals surface area contributed by atoms with Crippen LogP contribution in [0.4, 0.5) is 4.79 Å². The average Bonchev–Trinajstić information content (AvgIpc) is 2.80. The van der Waals surface area contributed by atoms with Crippen LogP contribution in [-0.4, -0.2) is 43.3 Å². The number of benzene rings is 1. The monoisotopic (exact) mass is 335 g/mol. The molecule has 23 heavy (non-hydrogen) atoms. The number of nitrogens with one attached hydrogen (secondary N) is 2. The second-order valence-electron chi connectivity index (χ2n) is 5.65. The third kappa shape index (κ3) is 3.13. The van der Waals surface area contributed by atoms with Crippen LogP contribution in [-0.2, 0) is 14.8 Å². The van der Waals surface area contributed by atoms with Crippen LogP contribution in [0.2, 0.25) is 0 Å². The number of imide groups is 1. The number of nitrogens with zero attached hydrogens (tertiary/aromatic N) is 1. The Morgan fingerprint density at radius 1 is 1.09 bits per heavy atom. The molecule has 0 bridgehead atoms. The Kier molecular flexibility index (Phi) is 3.95. The summed E-state index contributed by atoms with van der Waals surface area (Å²) < 4.78 is 26.0. The van der Waals surface area contributed by atoms with Gasteiger partial charge in [0.05, 0.1) is 0 Å². The maximum Gasteiger partial charge on any atom is 0.322 e. The lowest BCUT2D eigenvalue weighted by Crippen LogP contribution is -2.55. The van der Waals surface area contributed by atoms with Crippen molar-refractivity contribution in [1.82, 2.24) is 14.9 Å². The molecule has 2 heterocycles. The lowest BCUT2D eigenvalue weighted by molar-refractivity contribution is -0.125. The van der Waals surface area contributed by atoms with Crippen LogP contribution in [0.3, 0.4) is 0 Å². The van der Waals surface area contributed by atoms with Crippen molar-refractivity contribution in [3.8, 4) is 0 Å². The van der Waals surface area contributed by atoms with E-state index in [1.54, 1.807) is 6.08 Å². The zero-order valence-electron chi connectivity index (χ0n) is 12.4. The second-order valence-corrected chi connectivity index (χ2v) is 7.47. The van der Waals surface area contributed by atoms with E-state index >= 15 is 0 Å². The molecule has 3 rings (SSSR count). The predicted molar refractivity (Wildman–Crippen MR) is 84.6 cm³/mol. The van der Waals surface area contributed by atoms with E-state index in [9.17, 15) is 18.0 Å². The molecule has 2 aliphatic rings. The highest BCUT2D eigenvalue weighted by Gasteiger charge is 2.48. The largest absolute Gasteiger partial charge is 0.323 e. The van der Waals surface area contributed by atoms with E-state index in [2.05, 4.69) is 10.6 Å². The van der Waals surface area contributed by atoms with Crippen LogP contribution in [0.5, 0.6) is 0 Å². The number of hydrogen-bond donors (Lipinski definition) is 2. The van der Waals surface area contributed by atoms with Crippen LogP contribution in [0.15, 0.2) is 35.7 Å². The van der Waals surface area contributed by atoms with Crippen molar-refractivity contribution in [3.63, 3.8) is 0 Å². The van der Waals surface area contributed by atoms with E-state index in [0.717, 1.165) is 5.56 Å². The lowest BCUT2D eigenvalue weighted by Gasteiger charge is -2.35. The maximum absolute atomic E-state index is 12.4. The first-order chi connectivity index (χ1) is 10.9. The molecule has 0 aliphatic carbocycles. The van der Waals surface area contributed by atoms with Crippen molar-refractivity contribution in [2.75, 3.05) is 13.1 Å². The highest BCUT2D eigenvalue weighted by molar-refractivity contribution is 7.92. The number of sulfonamides is 1. The van der Waals surface area contributed by atoms with Gasteiger partial charge in [-0.3, -0.25) is 10.1 Å². The smallest absolute Gasteiger partial charge is 0.322 e. The number of piperidine rings is 1. The molecule has 0 aromatic heterocycles. The van der Waals surface area contributed by atoms with Crippen LogP contribution < -0.4 is 10.6 Å². The molecular formula is C15H17N3O4S. The summed E-state index contributed by atoms with van der Waals surface area (Å²) in [5.74, 6) is -0.376. The summed E-state index contributed by atoms with van der Waals surface area (Å²) >= 11 is 0. The Balaban J connectivity index is 1.68. The third-order valence-electron chi connectivity index (χ3n) is 4.18. The summed E-state index contributed by atoms with van der Waals surface area (Å²) in [4.78, 5) is 23.1. The van der Waals surface area contributed by atoms with Gasteiger partial charge >= 0.3 is 6.03 Å². The van der Waals surface area contributed by atoms with Crippen molar-refractivity contribution in [3.05, 3.63) is 41.3 Å². The van der Waals surface area contributed by atoms with Crippen molar-refractivity contribution >= 4 is 28.0 Å². The Labute approximate surface area is 134 Å². The van der Waals surface area contributed by atoms with Gasteiger partial charge in [0.2, 0.25) is 10.0 Å². The molecular weight excluding hydrogens is 318 g/mol. The van der Waals surface area contributed by atoms with Gasteiger partial charge in [0.25, 0.3) is 5.91 Å². The summed E-state index contributed by atoms with van der Waals surface area (Å²) in [5, 5.41) is 5.99. The van der Waals surface area contributed by atoms with Gasteiger partial charge in [-0.05, 0) is 24.5 Å². The van der Waals surface area contributed by atoms with Crippen molar-refractivity contribution in [2.45, 2.75) is 18.4 Å². The molecule has 1 spiro atoms. The summed E-state index contributed by atoms with van der Waals surface area (Å²) in [5.41, 5.74) is -0.168. The topological polar surface area (TPSA) is 95.6 Å². The van der Waals surface area contributed by atoms with Crippen LogP contribution in [0.1, 0.15) is 18.4 Å². The minimum absolute atomic E-state index is 0.190. The van der Waals surface area contributed by atoms with Gasteiger partial charge in [-0.2, -0.15) is 4.31 Å². The number of urea groups is 1. The summed E-state index contributed by atoms with van der Waals surface area (Å²) in [6.07, 6.45) is 2.08. The summed E-state index contributed by atoms with van der Waals surface area (Å²) in [6.45, 7) is 0.379. The van der Waals surface area contributed by atoms with E-state index < -0.39 is 21.6 Å². The first-order valence-electron chi connectivity index (χ1n) is 7.28. The molecule has 0 saturated carbocycles. The zero-order chi connectivity index (χ0) is 16.5. The van der Waals surface area contributed by atoms with E-state index in [-0.39, 0.29) is 31.8 Å². The molecule has 8 heteroatoms. The summed E-state index contributed by atoms with van der Waals surface area (Å²) in [6, 6.07) is 8.63. The first-order valence-corrected chi connectivity index (χ1v) is 8.79. The van der Waals surface area contributed by atoms with Crippen LogP contribution in [0, 0.1) is 0 Å². The number of carbonyl (C=O) groups is 2. The van der Waals surface area contributed by atoms with Gasteiger partial charge in [-0.25, -0.2) is 13.2 Å². The maximum atomic E-state index is 12.4. The van der Waals surface area contributed by atoms with Gasteiger partial charge in [-0.15, -0.1) is 0 Å². The van der Waals surface area contributed by atoms with Gasteiger partial charge < -0.3 is 5.32 Å². The fraction of sp³-hybridized carbons (Fsp3) is 0.333. The average molecular weight is 335 g/mol.